The number of nitrogens with one attached hydrogen (secondary N) is 4. The predicted octanol–water partition coefficient (Wildman–Crippen LogP) is 8.75. The Morgan fingerprint density at radius 1 is 0.963 bits per heavy atom. The Kier molecular flexibility index (Phi) is 18.7. The molecule has 5 atom stereocenters. The molecular formula is C60H73N12O8S-. The average molecular weight is 1120 g/mol. The molecular weight excluding hydrogens is 1050 g/mol. The number of amides is 2. The van der Waals surface area contributed by atoms with Crippen LogP contribution in [0.3, 0.4) is 0 Å². The van der Waals surface area contributed by atoms with Gasteiger partial charge in [-0.2, -0.15) is 0 Å². The number of piperidine rings is 1. The number of anilines is 2. The number of aromatic nitrogens is 5. The molecule has 3 aromatic carbocycles. The number of nitrogens with zero attached hydrogens (tertiary/aromatic N) is 8. The minimum absolute atomic E-state index is 0.0510. The van der Waals surface area contributed by atoms with Gasteiger partial charge in [-0.25, -0.2) is 10.1 Å². The summed E-state index contributed by atoms with van der Waals surface area (Å²) in [5.74, 6) is 1.25. The summed E-state index contributed by atoms with van der Waals surface area (Å²) in [5.41, 5.74) is 10.0. The number of pyridine rings is 1. The minimum Gasteiger partial charge on any atom is -0.491 e. The highest BCUT2D eigenvalue weighted by Crippen LogP contribution is 2.36. The third kappa shape index (κ3) is 13.7. The molecule has 0 bridgehead atoms. The van der Waals surface area contributed by atoms with Gasteiger partial charge in [0.1, 0.15) is 30.1 Å². The number of hydrogen-bond acceptors (Lipinski definition) is 17. The number of fused-ring (bicyclic) bond motifs is 2. The first kappa shape index (κ1) is 57.0. The van der Waals surface area contributed by atoms with Gasteiger partial charge in [-0.1, -0.05) is 75.3 Å². The average Bonchev–Trinajstić information content (AvgIpc) is 4.51. The first-order valence-corrected chi connectivity index (χ1v) is 28.9. The molecule has 3 aliphatic heterocycles. The zero-order chi connectivity index (χ0) is 56.4. The minimum atomic E-state index is -0.852. The molecule has 7 heterocycles. The number of aliphatic imine (C=N–C) groups is 1. The number of carbonyl (C=O) groups excluding carboxylic acids is 2. The lowest BCUT2D eigenvalue weighted by molar-refractivity contribution is -0.141. The SMILES string of the molecule is Cc1cc(C(C(=O)N2C[C@H](O)CC2C(=O)NCc2ccc(-c3scnc3C)cc2OCCOCCOCCNc2ccc3c(-c4ccccc4C[N-]C4=NC(O[C@@H]5CCCNC5)Nc5c(C(C)C)cnn54)nccc3c2)C(C)C)on1. The van der Waals surface area contributed by atoms with Gasteiger partial charge in [-0.15, -0.1) is 11.3 Å². The lowest BCUT2D eigenvalue weighted by Crippen LogP contribution is -2.48. The van der Waals surface area contributed by atoms with Crippen molar-refractivity contribution in [3.05, 3.63) is 130 Å². The fourth-order valence-electron chi connectivity index (χ4n) is 10.6. The highest BCUT2D eigenvalue weighted by molar-refractivity contribution is 7.13. The summed E-state index contributed by atoms with van der Waals surface area (Å²) < 4.78 is 31.9. The Morgan fingerprint density at radius 2 is 1.80 bits per heavy atom. The molecule has 81 heavy (non-hydrogen) atoms. The van der Waals surface area contributed by atoms with Crippen molar-refractivity contribution in [1.82, 2.24) is 40.4 Å². The van der Waals surface area contributed by atoms with Gasteiger partial charge < -0.3 is 65.1 Å². The van der Waals surface area contributed by atoms with Gasteiger partial charge in [0, 0.05) is 91.3 Å². The third-order valence-electron chi connectivity index (χ3n) is 14.8. The molecule has 2 saturated heterocycles. The molecule has 4 aromatic heterocycles. The molecule has 0 spiro atoms. The van der Waals surface area contributed by atoms with Gasteiger partial charge in [-0.05, 0) is 85.8 Å². The second-order valence-corrected chi connectivity index (χ2v) is 22.3. The summed E-state index contributed by atoms with van der Waals surface area (Å²) in [7, 11) is 0. The van der Waals surface area contributed by atoms with Crippen LogP contribution in [0.1, 0.15) is 92.6 Å². The van der Waals surface area contributed by atoms with E-state index in [0.29, 0.717) is 62.7 Å². The quantitative estimate of drug-likeness (QED) is 0.0356. The molecule has 0 radical (unpaired) electrons. The van der Waals surface area contributed by atoms with Crippen LogP contribution in [0.2, 0.25) is 0 Å². The molecule has 428 valence electrons. The van der Waals surface area contributed by atoms with Crippen molar-refractivity contribution in [3.8, 4) is 27.4 Å². The van der Waals surface area contributed by atoms with E-state index in [1.165, 1.54) is 4.90 Å². The normalized spacial score (nSPS) is 18.4. The molecule has 2 fully saturated rings. The lowest BCUT2D eigenvalue weighted by Gasteiger charge is -2.36. The maximum atomic E-state index is 14.0. The standard InChI is InChI=1S/C60H74N12O8S/c1-36(2)49-33-67-72-56(49)68-60(79-46-11-9-18-61-32-46)69-59(72)65-30-42-10-7-8-12-47(42)54-48-16-15-44(27-40(48)17-19-63-54)62-20-21-76-22-23-77-24-25-78-51-28-41(55-39(6)66-35-81-55)13-14-43(51)31-64-57(74)50-29-45(73)34-71(50)58(75)53(37(3)4)52-26-38(5)70-80-52/h7-8,10,12-17,19,26-28,33,35-37,45-46,50,53,60-61,73H,9,11,18,20-25,29-32,34H2,1-6H3,(H4,62,63,64,65,67,68,69,74)/p-1/t45-,46-,50?,53?,60?/m1/s1. The van der Waals surface area contributed by atoms with E-state index in [0.717, 1.165) is 92.3 Å². The Morgan fingerprint density at radius 3 is 2.58 bits per heavy atom. The van der Waals surface area contributed by atoms with E-state index in [2.05, 4.69) is 80.7 Å². The van der Waals surface area contributed by atoms with Gasteiger partial charge in [0.25, 0.3) is 0 Å². The van der Waals surface area contributed by atoms with Crippen LogP contribution in [-0.2, 0) is 36.9 Å². The number of benzene rings is 3. The van der Waals surface area contributed by atoms with Gasteiger partial charge in [0.15, 0.2) is 6.35 Å². The molecule has 5 N–H and O–H groups in total. The summed E-state index contributed by atoms with van der Waals surface area (Å²) in [5, 5.41) is 39.9. The zero-order valence-electron chi connectivity index (χ0n) is 46.9. The van der Waals surface area contributed by atoms with Crippen LogP contribution in [0.4, 0.5) is 11.5 Å². The van der Waals surface area contributed by atoms with Crippen molar-refractivity contribution in [2.24, 2.45) is 10.9 Å². The van der Waals surface area contributed by atoms with E-state index in [1.54, 1.807) is 29.0 Å². The molecule has 0 aliphatic carbocycles. The van der Waals surface area contributed by atoms with E-state index >= 15 is 0 Å². The molecule has 2 amide bonds. The van der Waals surface area contributed by atoms with Crippen LogP contribution in [0, 0.1) is 19.8 Å². The molecule has 0 saturated carbocycles. The van der Waals surface area contributed by atoms with Crippen molar-refractivity contribution < 1.29 is 38.2 Å². The third-order valence-corrected chi connectivity index (χ3v) is 15.8. The Bertz CT molecular complexity index is 3300. The number of aliphatic hydroxyl groups excluding tert-OH is 1. The maximum absolute atomic E-state index is 14.0. The van der Waals surface area contributed by atoms with Crippen molar-refractivity contribution in [2.45, 2.75) is 110 Å². The lowest BCUT2D eigenvalue weighted by atomic mass is 9.91. The van der Waals surface area contributed by atoms with Crippen LogP contribution in [-0.4, -0.2) is 137 Å². The van der Waals surface area contributed by atoms with Crippen molar-refractivity contribution in [1.29, 1.82) is 0 Å². The summed E-state index contributed by atoms with van der Waals surface area (Å²) in [6, 6.07) is 23.3. The highest BCUT2D eigenvalue weighted by atomic mass is 32.1. The van der Waals surface area contributed by atoms with Gasteiger partial charge in [0.2, 0.25) is 11.8 Å². The smallest absolute Gasteiger partial charge is 0.243 e. The van der Waals surface area contributed by atoms with Crippen molar-refractivity contribution in [2.75, 3.05) is 69.8 Å². The molecule has 10 rings (SSSR count). The molecule has 21 heteroatoms. The van der Waals surface area contributed by atoms with E-state index in [9.17, 15) is 14.7 Å². The predicted molar refractivity (Wildman–Crippen MR) is 312 cm³/mol. The number of β-amino-alcohol motifs (C(OH)–C–C–N with tert-alkyl or cyclic N) is 1. The van der Waals surface area contributed by atoms with Gasteiger partial charge in [-0.3, -0.25) is 19.3 Å². The maximum Gasteiger partial charge on any atom is 0.243 e. The van der Waals surface area contributed by atoms with Crippen molar-refractivity contribution in [3.63, 3.8) is 0 Å². The number of aryl methyl sites for hydroxylation is 2. The van der Waals surface area contributed by atoms with Crippen LogP contribution in [0.25, 0.3) is 37.8 Å². The number of hydrogen-bond donors (Lipinski definition) is 5. The van der Waals surface area contributed by atoms with E-state index in [-0.39, 0.29) is 55.9 Å². The number of aliphatic hydroxyl groups is 1. The van der Waals surface area contributed by atoms with E-state index in [4.69, 9.17) is 38.8 Å². The van der Waals surface area contributed by atoms with Gasteiger partial charge >= 0.3 is 0 Å². The second-order valence-electron chi connectivity index (χ2n) is 21.4. The fourth-order valence-corrected chi connectivity index (χ4v) is 11.4. The van der Waals surface area contributed by atoms with E-state index in [1.807, 2.05) is 75.1 Å². The summed E-state index contributed by atoms with van der Waals surface area (Å²) in [6.45, 7) is 16.7. The number of carbonyl (C=O) groups is 2. The molecule has 20 nitrogen and oxygen atoms in total. The van der Waals surface area contributed by atoms with Crippen LogP contribution < -0.4 is 26.0 Å². The zero-order valence-corrected chi connectivity index (χ0v) is 47.7. The topological polar surface area (TPSA) is 239 Å². The summed E-state index contributed by atoms with van der Waals surface area (Å²) in [6.07, 6.45) is 4.57. The van der Waals surface area contributed by atoms with Crippen LogP contribution in [0.15, 0.2) is 100 Å². The number of rotatable bonds is 24. The monoisotopic (exact) mass is 1120 g/mol. The Balaban J connectivity index is 0.690. The second kappa shape index (κ2) is 26.5. The first-order chi connectivity index (χ1) is 39.4. The molecule has 7 aromatic rings. The number of ether oxygens (including phenoxy) is 4. The van der Waals surface area contributed by atoms with Gasteiger partial charge in [0.05, 0.1) is 71.9 Å². The number of likely N-dealkylation sites (tertiary alicyclic amines) is 1. The Labute approximate surface area is 476 Å². The summed E-state index contributed by atoms with van der Waals surface area (Å²) >= 11 is 1.54. The fraction of sp³-hybridized carbons (Fsp3) is 0.450. The largest absolute Gasteiger partial charge is 0.491 e. The number of thiazole rings is 1. The van der Waals surface area contributed by atoms with E-state index < -0.39 is 24.4 Å². The Hall–Kier alpha value is -7.27. The highest BCUT2D eigenvalue weighted by Gasteiger charge is 2.43. The first-order valence-electron chi connectivity index (χ1n) is 28.1. The van der Waals surface area contributed by atoms with Crippen molar-refractivity contribution >= 4 is 51.4 Å². The molecule has 3 unspecified atom stereocenters. The van der Waals surface area contributed by atoms with Crippen LogP contribution in [0.5, 0.6) is 5.75 Å². The summed E-state index contributed by atoms with van der Waals surface area (Å²) in [4.78, 5) is 44.5. The van der Waals surface area contributed by atoms with Crippen LogP contribution >= 0.6 is 11.3 Å². The molecule has 3 aliphatic rings.